The third-order valence-electron chi connectivity index (χ3n) is 5.43. The molecule has 0 saturated heterocycles. The summed E-state index contributed by atoms with van der Waals surface area (Å²) in [6.45, 7) is -0.558. The maximum Gasteiger partial charge on any atom is 0.325 e. The van der Waals surface area contributed by atoms with Crippen LogP contribution in [0.1, 0.15) is 5.56 Å². The van der Waals surface area contributed by atoms with E-state index < -0.39 is 17.8 Å². The predicted octanol–water partition coefficient (Wildman–Crippen LogP) is 1.88. The fraction of sp³-hybridized carbons (Fsp3) is 0.208. The molecule has 0 fully saturated rings. The standard InChI is InChI=1S/C24H22FN5O4/c1-30-20-10-18(19(25)8-15(20)11-29-30)16-6-7-26-24-14(4-3-5-17(16)24)9-21(31)27-12-22(32)28-13-23(33)34-2/h3-8,10-11H,9,12-13H2,1-2H3,(H,27,31)(H,28,32). The molecular formula is C24H22FN5O4. The van der Waals surface area contributed by atoms with Crippen molar-refractivity contribution in [2.75, 3.05) is 20.2 Å². The molecule has 4 rings (SSSR count). The quantitative estimate of drug-likeness (QED) is 0.405. The summed E-state index contributed by atoms with van der Waals surface area (Å²) in [5.74, 6) is -1.88. The average Bonchev–Trinajstić information content (AvgIpc) is 3.19. The number of fused-ring (bicyclic) bond motifs is 2. The zero-order valence-electron chi connectivity index (χ0n) is 18.6. The van der Waals surface area contributed by atoms with Crippen molar-refractivity contribution in [1.29, 1.82) is 0 Å². The number of methoxy groups -OCH3 is 1. The molecule has 174 valence electrons. The Bertz CT molecular complexity index is 1420. The number of hydrogen-bond acceptors (Lipinski definition) is 6. The summed E-state index contributed by atoms with van der Waals surface area (Å²) in [5, 5.41) is 10.4. The Hall–Kier alpha value is -4.34. The lowest BCUT2D eigenvalue weighted by atomic mass is 9.97. The van der Waals surface area contributed by atoms with Gasteiger partial charge in [0.05, 0.1) is 37.3 Å². The zero-order chi connectivity index (χ0) is 24.2. The molecule has 0 atom stereocenters. The molecule has 2 aromatic heterocycles. The summed E-state index contributed by atoms with van der Waals surface area (Å²) in [4.78, 5) is 39.7. The first-order valence-electron chi connectivity index (χ1n) is 10.5. The van der Waals surface area contributed by atoms with Gasteiger partial charge < -0.3 is 15.4 Å². The van der Waals surface area contributed by atoms with Gasteiger partial charge in [-0.25, -0.2) is 4.39 Å². The van der Waals surface area contributed by atoms with Crippen molar-refractivity contribution < 1.29 is 23.5 Å². The van der Waals surface area contributed by atoms with Crippen LogP contribution in [0.4, 0.5) is 4.39 Å². The molecule has 0 saturated carbocycles. The van der Waals surface area contributed by atoms with E-state index in [1.54, 1.807) is 48.4 Å². The normalized spacial score (nSPS) is 10.9. The second-order valence-electron chi connectivity index (χ2n) is 7.64. The minimum absolute atomic E-state index is 0.0265. The summed E-state index contributed by atoms with van der Waals surface area (Å²) in [7, 11) is 3.01. The number of aryl methyl sites for hydroxylation is 1. The molecule has 9 nitrogen and oxygen atoms in total. The molecule has 0 aliphatic heterocycles. The molecule has 0 bridgehead atoms. The number of benzene rings is 2. The van der Waals surface area contributed by atoms with Crippen LogP contribution in [0.2, 0.25) is 0 Å². The minimum Gasteiger partial charge on any atom is -0.468 e. The number of halogens is 1. The number of amides is 2. The molecule has 0 aliphatic rings. The van der Waals surface area contributed by atoms with E-state index in [4.69, 9.17) is 0 Å². The molecule has 4 aromatic rings. The highest BCUT2D eigenvalue weighted by Crippen LogP contribution is 2.33. The van der Waals surface area contributed by atoms with Gasteiger partial charge in [0, 0.05) is 29.6 Å². The summed E-state index contributed by atoms with van der Waals surface area (Å²) < 4.78 is 21.1. The summed E-state index contributed by atoms with van der Waals surface area (Å²) >= 11 is 0. The number of esters is 1. The Morgan fingerprint density at radius 3 is 2.65 bits per heavy atom. The van der Waals surface area contributed by atoms with Crippen LogP contribution in [-0.2, 0) is 32.6 Å². The molecule has 2 aromatic carbocycles. The molecule has 0 unspecified atom stereocenters. The molecule has 0 aliphatic carbocycles. The van der Waals surface area contributed by atoms with E-state index >= 15 is 0 Å². The van der Waals surface area contributed by atoms with Crippen molar-refractivity contribution >= 4 is 39.6 Å². The largest absolute Gasteiger partial charge is 0.468 e. The molecule has 2 N–H and O–H groups in total. The van der Waals surface area contributed by atoms with Gasteiger partial charge in [0.15, 0.2) is 0 Å². The lowest BCUT2D eigenvalue weighted by Crippen LogP contribution is -2.39. The van der Waals surface area contributed by atoms with E-state index in [9.17, 15) is 18.8 Å². The monoisotopic (exact) mass is 463 g/mol. The number of rotatable bonds is 7. The fourth-order valence-corrected chi connectivity index (χ4v) is 3.71. The number of nitrogens with zero attached hydrogens (tertiary/aromatic N) is 3. The maximum absolute atomic E-state index is 15.0. The average molecular weight is 463 g/mol. The van der Waals surface area contributed by atoms with Crippen LogP contribution >= 0.6 is 0 Å². The van der Waals surface area contributed by atoms with E-state index in [0.29, 0.717) is 33.0 Å². The lowest BCUT2D eigenvalue weighted by Gasteiger charge is -2.11. The predicted molar refractivity (Wildman–Crippen MR) is 123 cm³/mol. The minimum atomic E-state index is -0.587. The number of hydrogen-bond donors (Lipinski definition) is 2. The summed E-state index contributed by atoms with van der Waals surface area (Å²) in [6, 6.07) is 10.3. The number of para-hydroxylation sites is 1. The Morgan fingerprint density at radius 1 is 1.06 bits per heavy atom. The molecule has 0 radical (unpaired) electrons. The number of pyridine rings is 1. The Labute approximate surface area is 193 Å². The van der Waals surface area contributed by atoms with Crippen molar-refractivity contribution in [3.8, 4) is 11.1 Å². The number of ether oxygens (including phenoxy) is 1. The van der Waals surface area contributed by atoms with Gasteiger partial charge in [-0.2, -0.15) is 5.10 Å². The smallest absolute Gasteiger partial charge is 0.325 e. The molecule has 0 spiro atoms. The SMILES string of the molecule is COC(=O)CNC(=O)CNC(=O)Cc1cccc2c(-c3cc4c(cnn4C)cc3F)ccnc12. The van der Waals surface area contributed by atoms with Crippen molar-refractivity contribution in [2.45, 2.75) is 6.42 Å². The van der Waals surface area contributed by atoms with Gasteiger partial charge in [-0.15, -0.1) is 0 Å². The van der Waals surface area contributed by atoms with Crippen molar-refractivity contribution in [3.63, 3.8) is 0 Å². The van der Waals surface area contributed by atoms with Gasteiger partial charge in [0.2, 0.25) is 11.8 Å². The molecule has 34 heavy (non-hydrogen) atoms. The van der Waals surface area contributed by atoms with E-state index in [1.165, 1.54) is 13.2 Å². The topological polar surface area (TPSA) is 115 Å². The van der Waals surface area contributed by atoms with Crippen LogP contribution in [0.25, 0.3) is 32.9 Å². The van der Waals surface area contributed by atoms with E-state index in [1.807, 2.05) is 6.07 Å². The fourth-order valence-electron chi connectivity index (χ4n) is 3.71. The van der Waals surface area contributed by atoms with Crippen LogP contribution < -0.4 is 10.6 Å². The van der Waals surface area contributed by atoms with E-state index in [2.05, 4.69) is 25.5 Å². The summed E-state index contributed by atoms with van der Waals surface area (Å²) in [5.41, 5.74) is 3.05. The van der Waals surface area contributed by atoms with Crippen molar-refractivity contribution in [2.24, 2.45) is 7.05 Å². The van der Waals surface area contributed by atoms with Gasteiger partial charge in [0.25, 0.3) is 0 Å². The Balaban J connectivity index is 1.56. The van der Waals surface area contributed by atoms with Crippen LogP contribution in [0.5, 0.6) is 0 Å². The Kier molecular flexibility index (Phi) is 6.48. The number of carbonyl (C=O) groups excluding carboxylic acids is 3. The molecule has 2 heterocycles. The highest BCUT2D eigenvalue weighted by molar-refractivity contribution is 5.99. The van der Waals surface area contributed by atoms with Crippen LogP contribution in [-0.4, -0.2) is 52.7 Å². The van der Waals surface area contributed by atoms with E-state index in [0.717, 1.165) is 5.52 Å². The third-order valence-corrected chi connectivity index (χ3v) is 5.43. The lowest BCUT2D eigenvalue weighted by molar-refractivity contribution is -0.141. The zero-order valence-corrected chi connectivity index (χ0v) is 18.6. The van der Waals surface area contributed by atoms with Gasteiger partial charge in [-0.05, 0) is 29.3 Å². The van der Waals surface area contributed by atoms with Gasteiger partial charge in [0.1, 0.15) is 12.4 Å². The van der Waals surface area contributed by atoms with Gasteiger partial charge in [-0.1, -0.05) is 18.2 Å². The first kappa shape index (κ1) is 22.8. The highest BCUT2D eigenvalue weighted by atomic mass is 19.1. The van der Waals surface area contributed by atoms with Gasteiger partial charge in [-0.3, -0.25) is 24.0 Å². The first-order chi connectivity index (χ1) is 16.4. The number of nitrogens with one attached hydrogen (secondary N) is 2. The molecule has 2 amide bonds. The Morgan fingerprint density at radius 2 is 1.85 bits per heavy atom. The molecule has 10 heteroatoms. The van der Waals surface area contributed by atoms with E-state index in [-0.39, 0.29) is 25.3 Å². The summed E-state index contributed by atoms with van der Waals surface area (Å²) in [6.07, 6.45) is 3.16. The van der Waals surface area contributed by atoms with Gasteiger partial charge >= 0.3 is 5.97 Å². The second kappa shape index (κ2) is 9.65. The first-order valence-corrected chi connectivity index (χ1v) is 10.5. The third kappa shape index (κ3) is 4.70. The maximum atomic E-state index is 15.0. The molecular weight excluding hydrogens is 441 g/mol. The van der Waals surface area contributed by atoms with Crippen LogP contribution in [0.3, 0.4) is 0 Å². The second-order valence-corrected chi connectivity index (χ2v) is 7.64. The van der Waals surface area contributed by atoms with Crippen molar-refractivity contribution in [3.05, 3.63) is 60.2 Å². The van der Waals surface area contributed by atoms with Crippen LogP contribution in [0, 0.1) is 5.82 Å². The number of carbonyl (C=O) groups is 3. The number of aromatic nitrogens is 3. The van der Waals surface area contributed by atoms with Crippen molar-refractivity contribution in [1.82, 2.24) is 25.4 Å². The van der Waals surface area contributed by atoms with Crippen LogP contribution in [0.15, 0.2) is 48.8 Å². The highest BCUT2D eigenvalue weighted by Gasteiger charge is 2.16.